The summed E-state index contributed by atoms with van der Waals surface area (Å²) in [5.41, 5.74) is 2.72. The maximum Gasteiger partial charge on any atom is 0.220 e. The summed E-state index contributed by atoms with van der Waals surface area (Å²) in [6.45, 7) is 3.47. The van der Waals surface area contributed by atoms with Crippen molar-refractivity contribution in [1.82, 2.24) is 5.32 Å². The van der Waals surface area contributed by atoms with Crippen molar-refractivity contribution in [2.45, 2.75) is 50.9 Å². The molecule has 0 atom stereocenters. The van der Waals surface area contributed by atoms with Crippen molar-refractivity contribution in [2.75, 3.05) is 13.2 Å². The molecule has 1 amide bonds. The highest BCUT2D eigenvalue weighted by Crippen LogP contribution is 2.43. The van der Waals surface area contributed by atoms with Gasteiger partial charge < -0.3 is 10.1 Å². The van der Waals surface area contributed by atoms with E-state index in [1.165, 1.54) is 30.4 Å². The van der Waals surface area contributed by atoms with Crippen LogP contribution in [-0.4, -0.2) is 19.1 Å². The van der Waals surface area contributed by atoms with E-state index in [0.717, 1.165) is 25.1 Å². The molecule has 1 aliphatic rings. The Morgan fingerprint density at radius 1 is 1.08 bits per heavy atom. The molecule has 0 saturated heterocycles. The third kappa shape index (κ3) is 4.87. The molecule has 3 rings (SSSR count). The van der Waals surface area contributed by atoms with Gasteiger partial charge in [-0.25, -0.2) is 0 Å². The van der Waals surface area contributed by atoms with Gasteiger partial charge in [0.25, 0.3) is 0 Å². The van der Waals surface area contributed by atoms with Gasteiger partial charge in [0.05, 0.1) is 6.61 Å². The van der Waals surface area contributed by atoms with E-state index < -0.39 is 0 Å². The van der Waals surface area contributed by atoms with Crippen molar-refractivity contribution in [3.63, 3.8) is 0 Å². The van der Waals surface area contributed by atoms with E-state index in [-0.39, 0.29) is 11.3 Å². The molecule has 2 aromatic carbocycles. The highest BCUT2D eigenvalue weighted by molar-refractivity contribution is 5.76. The van der Waals surface area contributed by atoms with Crippen molar-refractivity contribution in [3.8, 4) is 5.75 Å². The Labute approximate surface area is 156 Å². The lowest BCUT2D eigenvalue weighted by Crippen LogP contribution is -2.45. The molecule has 26 heavy (non-hydrogen) atoms. The first-order valence-corrected chi connectivity index (χ1v) is 9.70. The zero-order chi connectivity index (χ0) is 18.2. The van der Waals surface area contributed by atoms with Crippen LogP contribution in [0.5, 0.6) is 5.75 Å². The van der Waals surface area contributed by atoms with E-state index in [2.05, 4.69) is 42.6 Å². The fourth-order valence-electron chi connectivity index (χ4n) is 3.60. The molecule has 3 nitrogen and oxygen atoms in total. The minimum absolute atomic E-state index is 0.155. The van der Waals surface area contributed by atoms with Crippen molar-refractivity contribution in [2.24, 2.45) is 0 Å². The van der Waals surface area contributed by atoms with Crippen LogP contribution in [0, 0.1) is 6.92 Å². The summed E-state index contributed by atoms with van der Waals surface area (Å²) in [4.78, 5) is 12.2. The summed E-state index contributed by atoms with van der Waals surface area (Å²) in [5, 5.41) is 3.16. The number of aryl methyl sites for hydroxylation is 1. The first kappa shape index (κ1) is 18.5. The van der Waals surface area contributed by atoms with Gasteiger partial charge in [0.1, 0.15) is 5.75 Å². The second-order valence-electron chi connectivity index (χ2n) is 7.40. The number of amides is 1. The number of carbonyl (C=O) groups excluding carboxylic acids is 1. The molecule has 0 heterocycles. The molecule has 2 aromatic rings. The van der Waals surface area contributed by atoms with Crippen LogP contribution in [0.4, 0.5) is 0 Å². The van der Waals surface area contributed by atoms with Gasteiger partial charge in [-0.05, 0) is 55.9 Å². The summed E-state index contributed by atoms with van der Waals surface area (Å²) in [6.07, 6.45) is 5.91. The Morgan fingerprint density at radius 3 is 2.58 bits per heavy atom. The number of rotatable bonds is 9. The molecule has 1 N–H and O–H groups in total. The molecule has 0 aliphatic heterocycles. The van der Waals surface area contributed by atoms with Crippen LogP contribution in [0.1, 0.15) is 49.7 Å². The highest BCUT2D eigenvalue weighted by atomic mass is 16.5. The number of unbranched alkanes of at least 4 members (excludes halogenated alkanes) is 1. The van der Waals surface area contributed by atoms with Crippen LogP contribution in [0.25, 0.3) is 0 Å². The summed E-state index contributed by atoms with van der Waals surface area (Å²) in [6, 6.07) is 18.7. The van der Waals surface area contributed by atoms with Crippen LogP contribution in [0.2, 0.25) is 0 Å². The zero-order valence-electron chi connectivity index (χ0n) is 15.7. The van der Waals surface area contributed by atoms with E-state index in [9.17, 15) is 4.79 Å². The highest BCUT2D eigenvalue weighted by Gasteiger charge is 2.38. The van der Waals surface area contributed by atoms with E-state index >= 15 is 0 Å². The van der Waals surface area contributed by atoms with Crippen LogP contribution in [0.3, 0.4) is 0 Å². The monoisotopic (exact) mass is 351 g/mol. The van der Waals surface area contributed by atoms with Crippen LogP contribution in [-0.2, 0) is 10.2 Å². The van der Waals surface area contributed by atoms with Gasteiger partial charge in [-0.3, -0.25) is 4.79 Å². The topological polar surface area (TPSA) is 38.3 Å². The van der Waals surface area contributed by atoms with Gasteiger partial charge in [-0.15, -0.1) is 0 Å². The lowest BCUT2D eigenvalue weighted by Gasteiger charge is -2.42. The minimum atomic E-state index is 0.155. The Hall–Kier alpha value is -2.29. The third-order valence-electron chi connectivity index (χ3n) is 5.38. The third-order valence-corrected chi connectivity index (χ3v) is 5.38. The van der Waals surface area contributed by atoms with Gasteiger partial charge in [-0.2, -0.15) is 0 Å². The average Bonchev–Trinajstić information content (AvgIpc) is 2.61. The van der Waals surface area contributed by atoms with Crippen molar-refractivity contribution >= 4 is 5.91 Å². The second-order valence-corrected chi connectivity index (χ2v) is 7.40. The van der Waals surface area contributed by atoms with Gasteiger partial charge in [0.2, 0.25) is 5.91 Å². The number of hydrogen-bond donors (Lipinski definition) is 1. The first-order chi connectivity index (χ1) is 12.7. The SMILES string of the molecule is Cc1cccc(OCCCCC(=O)NCC2(c3ccccc3)CCC2)c1. The van der Waals surface area contributed by atoms with E-state index in [1.54, 1.807) is 0 Å². The summed E-state index contributed by atoms with van der Waals surface area (Å²) in [5.74, 6) is 1.06. The molecule has 0 radical (unpaired) electrons. The van der Waals surface area contributed by atoms with E-state index in [0.29, 0.717) is 13.0 Å². The number of nitrogens with one attached hydrogen (secondary N) is 1. The van der Waals surface area contributed by atoms with Crippen LogP contribution >= 0.6 is 0 Å². The molecule has 0 unspecified atom stereocenters. The molecule has 138 valence electrons. The first-order valence-electron chi connectivity index (χ1n) is 9.70. The van der Waals surface area contributed by atoms with Crippen molar-refractivity contribution < 1.29 is 9.53 Å². The molecule has 3 heteroatoms. The molecular formula is C23H29NO2. The smallest absolute Gasteiger partial charge is 0.220 e. The minimum Gasteiger partial charge on any atom is -0.494 e. The lowest BCUT2D eigenvalue weighted by atomic mass is 9.64. The Morgan fingerprint density at radius 2 is 1.88 bits per heavy atom. The predicted octanol–water partition coefficient (Wildman–Crippen LogP) is 4.78. The Balaban J connectivity index is 1.34. The van der Waals surface area contributed by atoms with Crippen LogP contribution in [0.15, 0.2) is 54.6 Å². The number of hydrogen-bond acceptors (Lipinski definition) is 2. The average molecular weight is 351 g/mol. The van der Waals surface area contributed by atoms with Crippen molar-refractivity contribution in [3.05, 3.63) is 65.7 Å². The Kier molecular flexibility index (Phi) is 6.32. The fraction of sp³-hybridized carbons (Fsp3) is 0.435. The van der Waals surface area contributed by atoms with Gasteiger partial charge in [0.15, 0.2) is 0 Å². The number of ether oxygens (including phenoxy) is 1. The standard InChI is InChI=1S/C23H29NO2/c1-19-9-7-12-21(17-19)26-16-6-5-13-22(25)24-18-23(14-8-15-23)20-10-3-2-4-11-20/h2-4,7,9-12,17H,5-6,8,13-16,18H2,1H3,(H,24,25). The van der Waals surface area contributed by atoms with Gasteiger partial charge >= 0.3 is 0 Å². The lowest BCUT2D eigenvalue weighted by molar-refractivity contribution is -0.121. The normalized spacial score (nSPS) is 15.1. The fourth-order valence-corrected chi connectivity index (χ4v) is 3.60. The maximum atomic E-state index is 12.2. The summed E-state index contributed by atoms with van der Waals surface area (Å²) >= 11 is 0. The molecule has 1 aliphatic carbocycles. The van der Waals surface area contributed by atoms with Gasteiger partial charge in [0, 0.05) is 18.4 Å². The molecular weight excluding hydrogens is 322 g/mol. The summed E-state index contributed by atoms with van der Waals surface area (Å²) in [7, 11) is 0. The molecule has 1 saturated carbocycles. The Bertz CT molecular complexity index is 707. The molecule has 0 aromatic heterocycles. The zero-order valence-corrected chi connectivity index (χ0v) is 15.7. The largest absolute Gasteiger partial charge is 0.494 e. The van der Waals surface area contributed by atoms with Gasteiger partial charge in [-0.1, -0.05) is 48.9 Å². The second kappa shape index (κ2) is 8.88. The maximum absolute atomic E-state index is 12.2. The summed E-state index contributed by atoms with van der Waals surface area (Å²) < 4.78 is 5.74. The van der Waals surface area contributed by atoms with Crippen molar-refractivity contribution in [1.29, 1.82) is 0 Å². The molecule has 1 fully saturated rings. The number of benzene rings is 2. The molecule has 0 bridgehead atoms. The molecule has 0 spiro atoms. The van der Waals surface area contributed by atoms with E-state index in [4.69, 9.17) is 4.74 Å². The predicted molar refractivity (Wildman–Crippen MR) is 106 cm³/mol. The number of carbonyl (C=O) groups is 1. The van der Waals surface area contributed by atoms with Crippen LogP contribution < -0.4 is 10.1 Å². The quantitative estimate of drug-likeness (QED) is 0.660. The van der Waals surface area contributed by atoms with E-state index in [1.807, 2.05) is 24.3 Å².